The average Bonchev–Trinajstić information content (AvgIpc) is 3.43. The Morgan fingerprint density at radius 2 is 1.95 bits per heavy atom. The number of anilines is 2. The van der Waals surface area contributed by atoms with Gasteiger partial charge in [-0.25, -0.2) is 14.2 Å². The molecule has 4 aromatic rings. The van der Waals surface area contributed by atoms with Crippen LogP contribution in [0.5, 0.6) is 0 Å². The van der Waals surface area contributed by atoms with Gasteiger partial charge in [0.05, 0.1) is 17.3 Å². The van der Waals surface area contributed by atoms with E-state index in [1.807, 2.05) is 30.3 Å². The number of carbonyl (C=O) groups excluding carboxylic acids is 1. The molecule has 1 saturated carbocycles. The number of hydrogen-bond acceptors (Lipinski definition) is 8. The minimum Gasteiger partial charge on any atom is -0.461 e. The molecule has 0 unspecified atom stereocenters. The van der Waals surface area contributed by atoms with Crippen molar-refractivity contribution in [2.75, 3.05) is 17.2 Å². The van der Waals surface area contributed by atoms with Crippen molar-refractivity contribution in [1.29, 1.82) is 0 Å². The first-order chi connectivity index (χ1) is 19.5. The van der Waals surface area contributed by atoms with Gasteiger partial charge in [-0.05, 0) is 80.8 Å². The van der Waals surface area contributed by atoms with Crippen LogP contribution in [0.15, 0.2) is 65.4 Å². The molecule has 1 aliphatic rings. The van der Waals surface area contributed by atoms with Crippen LogP contribution in [0.4, 0.5) is 16.2 Å². The summed E-state index contributed by atoms with van der Waals surface area (Å²) < 4.78 is 23.9. The van der Waals surface area contributed by atoms with Crippen LogP contribution in [-0.4, -0.2) is 33.6 Å². The molecule has 0 saturated heterocycles. The summed E-state index contributed by atoms with van der Waals surface area (Å²) in [5, 5.41) is 7.09. The van der Waals surface area contributed by atoms with Gasteiger partial charge in [-0.3, -0.25) is 4.98 Å². The van der Waals surface area contributed by atoms with Crippen molar-refractivity contribution in [1.82, 2.24) is 15.0 Å². The van der Waals surface area contributed by atoms with E-state index in [1.165, 1.54) is 18.4 Å². The number of hydrogen-bond donors (Lipinski definition) is 2. The zero-order valence-electron chi connectivity index (χ0n) is 22.2. The van der Waals surface area contributed by atoms with Crippen molar-refractivity contribution >= 4 is 29.4 Å². The number of rotatable bonds is 10. The molecule has 208 valence electrons. The number of aromatic nitrogens is 3. The molecule has 0 amide bonds. The van der Waals surface area contributed by atoms with Crippen LogP contribution in [-0.2, 0) is 17.7 Å². The fraction of sp³-hybridized carbons (Fsp3) is 0.333. The number of nitrogens with one attached hydrogen (secondary N) is 2. The summed E-state index contributed by atoms with van der Waals surface area (Å²) >= 11 is 6.53. The SMILES string of the molecule is CCOC(=O)c1coc(NC2CCC(Cc3cc(-c4cccc(NCc5cccc(F)c5)n4)c(Cl)cn3)CC2)n1. The van der Waals surface area contributed by atoms with Gasteiger partial charge in [0.1, 0.15) is 17.9 Å². The third kappa shape index (κ3) is 7.15. The van der Waals surface area contributed by atoms with E-state index in [-0.39, 0.29) is 17.6 Å². The Morgan fingerprint density at radius 1 is 1.12 bits per heavy atom. The Bertz CT molecular complexity index is 1450. The maximum Gasteiger partial charge on any atom is 0.360 e. The summed E-state index contributed by atoms with van der Waals surface area (Å²) in [6.45, 7) is 2.51. The number of oxazole rings is 1. The largest absolute Gasteiger partial charge is 0.461 e. The van der Waals surface area contributed by atoms with E-state index in [0.717, 1.165) is 54.6 Å². The van der Waals surface area contributed by atoms with Crippen molar-refractivity contribution in [2.24, 2.45) is 5.92 Å². The summed E-state index contributed by atoms with van der Waals surface area (Å²) in [7, 11) is 0. The van der Waals surface area contributed by atoms with Crippen molar-refractivity contribution in [2.45, 2.75) is 51.6 Å². The van der Waals surface area contributed by atoms with Gasteiger partial charge < -0.3 is 19.8 Å². The van der Waals surface area contributed by atoms with Crippen molar-refractivity contribution in [3.63, 3.8) is 0 Å². The lowest BCUT2D eigenvalue weighted by Gasteiger charge is -2.28. The fourth-order valence-electron chi connectivity index (χ4n) is 4.93. The number of ether oxygens (including phenoxy) is 1. The van der Waals surface area contributed by atoms with E-state index in [1.54, 1.807) is 19.2 Å². The molecule has 5 rings (SSSR count). The van der Waals surface area contributed by atoms with Crippen LogP contribution in [0.2, 0.25) is 5.02 Å². The molecule has 3 aromatic heterocycles. The van der Waals surface area contributed by atoms with E-state index in [4.69, 9.17) is 25.7 Å². The number of esters is 1. The Kier molecular flexibility index (Phi) is 8.91. The standard InChI is InChI=1S/C30H31ClFN5O3/c1-2-39-29(38)27-18-40-30(37-27)35-22-11-9-19(10-12-22)14-23-15-24(25(31)17-33-23)26-7-4-8-28(36-26)34-16-20-5-3-6-21(32)13-20/h3-8,13,15,17-19,22H,2,9-12,14,16H2,1H3,(H,34,36)(H,35,37). The van der Waals surface area contributed by atoms with Crippen LogP contribution < -0.4 is 10.6 Å². The molecule has 40 heavy (non-hydrogen) atoms. The number of pyridine rings is 2. The van der Waals surface area contributed by atoms with Gasteiger partial charge in [-0.2, -0.15) is 4.98 Å². The Labute approximate surface area is 237 Å². The Morgan fingerprint density at radius 3 is 2.75 bits per heavy atom. The minimum atomic E-state index is -0.486. The zero-order chi connectivity index (χ0) is 27.9. The molecule has 1 aliphatic carbocycles. The first-order valence-electron chi connectivity index (χ1n) is 13.5. The van der Waals surface area contributed by atoms with E-state index in [9.17, 15) is 9.18 Å². The lowest BCUT2D eigenvalue weighted by molar-refractivity contribution is 0.0519. The molecule has 1 fully saturated rings. The predicted molar refractivity (Wildman–Crippen MR) is 152 cm³/mol. The lowest BCUT2D eigenvalue weighted by atomic mass is 9.83. The zero-order valence-corrected chi connectivity index (χ0v) is 23.0. The molecular formula is C30H31ClFN5O3. The Hall–Kier alpha value is -3.98. The third-order valence-electron chi connectivity index (χ3n) is 6.96. The first-order valence-corrected chi connectivity index (χ1v) is 13.8. The molecule has 0 bridgehead atoms. The van der Waals surface area contributed by atoms with E-state index in [0.29, 0.717) is 35.9 Å². The van der Waals surface area contributed by atoms with E-state index in [2.05, 4.69) is 20.6 Å². The predicted octanol–water partition coefficient (Wildman–Crippen LogP) is 6.93. The fourth-order valence-corrected chi connectivity index (χ4v) is 5.13. The van der Waals surface area contributed by atoms with E-state index < -0.39 is 5.97 Å². The number of carbonyl (C=O) groups is 1. The van der Waals surface area contributed by atoms with Gasteiger partial charge >= 0.3 is 5.97 Å². The number of halogens is 2. The summed E-state index contributed by atoms with van der Waals surface area (Å²) in [5.74, 6) is 0.426. The Balaban J connectivity index is 1.17. The number of nitrogens with zero attached hydrogens (tertiary/aromatic N) is 3. The molecule has 2 N–H and O–H groups in total. The highest BCUT2D eigenvalue weighted by Gasteiger charge is 2.24. The summed E-state index contributed by atoms with van der Waals surface area (Å²) in [5.41, 5.74) is 3.56. The highest BCUT2D eigenvalue weighted by atomic mass is 35.5. The van der Waals surface area contributed by atoms with Gasteiger partial charge in [0.25, 0.3) is 6.01 Å². The molecule has 3 heterocycles. The normalized spacial score (nSPS) is 16.9. The summed E-state index contributed by atoms with van der Waals surface area (Å²) in [6, 6.07) is 14.8. The third-order valence-corrected chi connectivity index (χ3v) is 7.26. The molecule has 1 aromatic carbocycles. The van der Waals surface area contributed by atoms with Crippen LogP contribution in [0.1, 0.15) is 54.4 Å². The second-order valence-electron chi connectivity index (χ2n) is 9.87. The van der Waals surface area contributed by atoms with Crippen LogP contribution in [0.3, 0.4) is 0 Å². The summed E-state index contributed by atoms with van der Waals surface area (Å²) in [4.78, 5) is 25.3. The topological polar surface area (TPSA) is 102 Å². The molecule has 0 spiro atoms. The molecule has 0 aliphatic heterocycles. The lowest BCUT2D eigenvalue weighted by Crippen LogP contribution is -2.27. The highest BCUT2D eigenvalue weighted by Crippen LogP contribution is 2.32. The first kappa shape index (κ1) is 27.6. The second-order valence-corrected chi connectivity index (χ2v) is 10.3. The van der Waals surface area contributed by atoms with Gasteiger partial charge in [-0.15, -0.1) is 0 Å². The van der Waals surface area contributed by atoms with Gasteiger partial charge in [0.15, 0.2) is 5.69 Å². The monoisotopic (exact) mass is 563 g/mol. The molecule has 10 heteroatoms. The van der Waals surface area contributed by atoms with Crippen LogP contribution >= 0.6 is 11.6 Å². The van der Waals surface area contributed by atoms with Gasteiger partial charge in [0, 0.05) is 30.0 Å². The average molecular weight is 564 g/mol. The van der Waals surface area contributed by atoms with Crippen LogP contribution in [0, 0.1) is 11.7 Å². The van der Waals surface area contributed by atoms with Crippen molar-refractivity contribution < 1.29 is 18.3 Å². The minimum absolute atomic E-state index is 0.171. The maximum atomic E-state index is 13.5. The highest BCUT2D eigenvalue weighted by molar-refractivity contribution is 6.33. The smallest absolute Gasteiger partial charge is 0.360 e. The number of benzene rings is 1. The van der Waals surface area contributed by atoms with E-state index >= 15 is 0 Å². The van der Waals surface area contributed by atoms with Crippen molar-refractivity contribution in [3.05, 3.63) is 88.8 Å². The molecular weight excluding hydrogens is 533 g/mol. The molecule has 0 radical (unpaired) electrons. The maximum absolute atomic E-state index is 13.5. The van der Waals surface area contributed by atoms with Crippen LogP contribution in [0.25, 0.3) is 11.3 Å². The second kappa shape index (κ2) is 12.9. The van der Waals surface area contributed by atoms with Crippen molar-refractivity contribution in [3.8, 4) is 11.3 Å². The van der Waals surface area contributed by atoms with Gasteiger partial charge in [0.2, 0.25) is 0 Å². The van der Waals surface area contributed by atoms with Gasteiger partial charge in [-0.1, -0.05) is 29.8 Å². The molecule has 0 atom stereocenters. The quantitative estimate of drug-likeness (QED) is 0.200. The summed E-state index contributed by atoms with van der Waals surface area (Å²) in [6.07, 6.45) is 7.84. The molecule has 8 nitrogen and oxygen atoms in total.